The van der Waals surface area contributed by atoms with Crippen LogP contribution in [-0.4, -0.2) is 41.4 Å². The van der Waals surface area contributed by atoms with Gasteiger partial charge in [-0.15, -0.1) is 0 Å². The first-order valence-electron chi connectivity index (χ1n) is 7.22. The van der Waals surface area contributed by atoms with Crippen molar-refractivity contribution in [1.29, 1.82) is 0 Å². The topological polar surface area (TPSA) is 105 Å². The fourth-order valence-electron chi connectivity index (χ4n) is 2.36. The predicted molar refractivity (Wildman–Crippen MR) is 78.1 cm³/mol. The first-order chi connectivity index (χ1) is 10.1. The molecule has 0 bridgehead atoms. The van der Waals surface area contributed by atoms with Crippen molar-refractivity contribution in [1.82, 2.24) is 5.32 Å². The summed E-state index contributed by atoms with van der Waals surface area (Å²) >= 11 is 0. The van der Waals surface area contributed by atoms with Crippen LogP contribution in [-0.2, 0) is 16.0 Å². The summed E-state index contributed by atoms with van der Waals surface area (Å²) in [5.41, 5.74) is 6.55. The van der Waals surface area contributed by atoms with Gasteiger partial charge in [0.05, 0.1) is 12.1 Å². The predicted octanol–water partition coefficient (Wildman–Crippen LogP) is 0.653. The Morgan fingerprint density at radius 3 is 2.86 bits per heavy atom. The van der Waals surface area contributed by atoms with Crippen LogP contribution in [0.1, 0.15) is 24.8 Å². The average Bonchev–Trinajstić information content (AvgIpc) is 2.49. The number of hydrogen-bond donors (Lipinski definition) is 4. The van der Waals surface area contributed by atoms with Gasteiger partial charge in [0, 0.05) is 13.2 Å². The Morgan fingerprint density at radius 1 is 1.38 bits per heavy atom. The molecule has 1 heterocycles. The van der Waals surface area contributed by atoms with Crippen LogP contribution in [0.4, 0.5) is 0 Å². The van der Waals surface area contributed by atoms with E-state index >= 15 is 0 Å². The molecule has 2 atom stereocenters. The number of phenols is 2. The average molecular weight is 294 g/mol. The van der Waals surface area contributed by atoms with Crippen molar-refractivity contribution in [2.75, 3.05) is 13.2 Å². The normalized spacial score (nSPS) is 20.0. The van der Waals surface area contributed by atoms with Crippen molar-refractivity contribution in [2.45, 2.75) is 37.8 Å². The molecule has 1 aromatic carbocycles. The summed E-state index contributed by atoms with van der Waals surface area (Å²) in [5.74, 6) is -0.640. The lowest BCUT2D eigenvalue weighted by molar-refractivity contribution is -0.123. The Labute approximate surface area is 123 Å². The van der Waals surface area contributed by atoms with Crippen LogP contribution in [0.2, 0.25) is 0 Å². The van der Waals surface area contributed by atoms with Gasteiger partial charge in [-0.2, -0.15) is 0 Å². The van der Waals surface area contributed by atoms with Crippen LogP contribution >= 0.6 is 0 Å². The molecule has 0 radical (unpaired) electrons. The van der Waals surface area contributed by atoms with Gasteiger partial charge in [0.2, 0.25) is 5.91 Å². The van der Waals surface area contributed by atoms with Crippen LogP contribution in [0.15, 0.2) is 18.2 Å². The summed E-state index contributed by atoms with van der Waals surface area (Å²) in [7, 11) is 0. The van der Waals surface area contributed by atoms with E-state index in [0.717, 1.165) is 25.9 Å². The second-order valence-corrected chi connectivity index (χ2v) is 5.37. The second-order valence-electron chi connectivity index (χ2n) is 5.37. The van der Waals surface area contributed by atoms with E-state index < -0.39 is 6.04 Å². The molecule has 1 aliphatic heterocycles. The highest BCUT2D eigenvalue weighted by Gasteiger charge is 2.18. The number of amides is 1. The van der Waals surface area contributed by atoms with E-state index in [4.69, 9.17) is 10.5 Å². The Morgan fingerprint density at radius 2 is 2.19 bits per heavy atom. The molecule has 1 aliphatic rings. The van der Waals surface area contributed by atoms with E-state index in [1.165, 1.54) is 12.1 Å². The fraction of sp³-hybridized carbons (Fsp3) is 0.533. The molecule has 1 saturated heterocycles. The summed E-state index contributed by atoms with van der Waals surface area (Å²) in [6, 6.07) is 3.72. The van der Waals surface area contributed by atoms with Crippen molar-refractivity contribution in [2.24, 2.45) is 5.73 Å². The van der Waals surface area contributed by atoms with Crippen LogP contribution in [0, 0.1) is 0 Å². The van der Waals surface area contributed by atoms with Gasteiger partial charge in [0.1, 0.15) is 0 Å². The van der Waals surface area contributed by atoms with Gasteiger partial charge >= 0.3 is 0 Å². The lowest BCUT2D eigenvalue weighted by Crippen LogP contribution is -2.45. The fourth-order valence-corrected chi connectivity index (χ4v) is 2.36. The molecule has 6 heteroatoms. The monoisotopic (exact) mass is 294 g/mol. The van der Waals surface area contributed by atoms with Crippen molar-refractivity contribution < 1.29 is 19.7 Å². The van der Waals surface area contributed by atoms with Crippen LogP contribution < -0.4 is 11.1 Å². The number of aromatic hydroxyl groups is 2. The summed E-state index contributed by atoms with van der Waals surface area (Å²) in [6.45, 7) is 1.23. The molecule has 1 fully saturated rings. The van der Waals surface area contributed by atoms with E-state index in [0.29, 0.717) is 18.5 Å². The van der Waals surface area contributed by atoms with Crippen molar-refractivity contribution in [3.8, 4) is 11.5 Å². The lowest BCUT2D eigenvalue weighted by atomic mass is 10.0. The largest absolute Gasteiger partial charge is 0.504 e. The van der Waals surface area contributed by atoms with Crippen LogP contribution in [0.25, 0.3) is 0 Å². The zero-order valence-electron chi connectivity index (χ0n) is 11.9. The molecule has 0 aliphatic carbocycles. The molecule has 0 saturated carbocycles. The number of ether oxygens (including phenoxy) is 1. The number of nitrogens with two attached hydrogens (primary N) is 1. The molecular formula is C15H22N2O4. The third kappa shape index (κ3) is 4.61. The number of phenolic OH excluding ortho intramolecular Hbond substituents is 2. The van der Waals surface area contributed by atoms with Crippen molar-refractivity contribution >= 4 is 5.91 Å². The van der Waals surface area contributed by atoms with E-state index in [1.807, 2.05) is 0 Å². The van der Waals surface area contributed by atoms with Gasteiger partial charge in [-0.1, -0.05) is 6.07 Å². The maximum absolute atomic E-state index is 11.9. The summed E-state index contributed by atoms with van der Waals surface area (Å²) in [4.78, 5) is 11.9. The van der Waals surface area contributed by atoms with E-state index in [9.17, 15) is 15.0 Å². The number of nitrogens with one attached hydrogen (secondary N) is 1. The van der Waals surface area contributed by atoms with Crippen LogP contribution in [0.3, 0.4) is 0 Å². The number of carbonyl (C=O) groups is 1. The van der Waals surface area contributed by atoms with Gasteiger partial charge in [-0.25, -0.2) is 0 Å². The molecule has 6 nitrogen and oxygen atoms in total. The van der Waals surface area contributed by atoms with Crippen LogP contribution in [0.5, 0.6) is 11.5 Å². The van der Waals surface area contributed by atoms with Gasteiger partial charge in [0.15, 0.2) is 11.5 Å². The molecule has 0 aromatic heterocycles. The molecule has 1 amide bonds. The Bertz CT molecular complexity index is 487. The smallest absolute Gasteiger partial charge is 0.237 e. The quantitative estimate of drug-likeness (QED) is 0.597. The molecular weight excluding hydrogens is 272 g/mol. The minimum absolute atomic E-state index is 0.0765. The molecule has 0 spiro atoms. The zero-order valence-corrected chi connectivity index (χ0v) is 11.9. The third-order valence-corrected chi connectivity index (χ3v) is 3.61. The first kappa shape index (κ1) is 15.6. The first-order valence-corrected chi connectivity index (χ1v) is 7.22. The van der Waals surface area contributed by atoms with E-state index in [-0.39, 0.29) is 23.5 Å². The van der Waals surface area contributed by atoms with E-state index in [1.54, 1.807) is 6.07 Å². The Kier molecular flexibility index (Phi) is 5.41. The molecule has 116 valence electrons. The van der Waals surface area contributed by atoms with Gasteiger partial charge in [-0.3, -0.25) is 4.79 Å². The highest BCUT2D eigenvalue weighted by molar-refractivity contribution is 5.81. The van der Waals surface area contributed by atoms with Crippen molar-refractivity contribution in [3.63, 3.8) is 0 Å². The summed E-state index contributed by atoms with van der Waals surface area (Å²) in [5, 5.41) is 21.5. The van der Waals surface area contributed by atoms with E-state index in [2.05, 4.69) is 5.32 Å². The highest BCUT2D eigenvalue weighted by atomic mass is 16.5. The molecule has 1 aromatic rings. The Hall–Kier alpha value is -1.79. The third-order valence-electron chi connectivity index (χ3n) is 3.61. The van der Waals surface area contributed by atoms with Gasteiger partial charge in [0.25, 0.3) is 0 Å². The highest BCUT2D eigenvalue weighted by Crippen LogP contribution is 2.25. The van der Waals surface area contributed by atoms with Gasteiger partial charge in [-0.05, 0) is 43.4 Å². The number of carbonyl (C=O) groups excluding carboxylic acids is 1. The molecule has 5 N–H and O–H groups in total. The zero-order chi connectivity index (χ0) is 15.2. The maximum atomic E-state index is 11.9. The molecule has 21 heavy (non-hydrogen) atoms. The molecule has 1 unspecified atom stereocenters. The lowest BCUT2D eigenvalue weighted by Gasteiger charge is -2.23. The molecule has 2 rings (SSSR count). The summed E-state index contributed by atoms with van der Waals surface area (Å²) in [6.07, 6.45) is 3.54. The minimum Gasteiger partial charge on any atom is -0.504 e. The number of rotatable bonds is 5. The number of benzene rings is 1. The summed E-state index contributed by atoms with van der Waals surface area (Å²) < 4.78 is 5.54. The second kappa shape index (κ2) is 7.28. The minimum atomic E-state index is -0.697. The standard InChI is InChI=1S/C15H22N2O4/c16-12(7-10-4-5-13(18)14(19)8-10)15(20)17-9-11-3-1-2-6-21-11/h4-5,8,11-12,18-19H,1-3,6-7,9,16H2,(H,17,20)/t11?,12-/m0/s1. The van der Waals surface area contributed by atoms with Crippen molar-refractivity contribution in [3.05, 3.63) is 23.8 Å². The SMILES string of the molecule is N[C@@H](Cc1ccc(O)c(O)c1)C(=O)NCC1CCCCO1. The number of hydrogen-bond acceptors (Lipinski definition) is 5. The maximum Gasteiger partial charge on any atom is 0.237 e. The Balaban J connectivity index is 1.79. The van der Waals surface area contributed by atoms with Gasteiger partial charge < -0.3 is 26.0 Å².